The van der Waals surface area contributed by atoms with Gasteiger partial charge in [-0.25, -0.2) is 4.39 Å². The van der Waals surface area contributed by atoms with Crippen LogP contribution >= 0.6 is 23.2 Å². The molecule has 0 bridgehead atoms. The maximum absolute atomic E-state index is 13.4. The predicted octanol–water partition coefficient (Wildman–Crippen LogP) is 4.92. The number of nitro groups is 1. The fraction of sp³-hybridized carbons (Fsp3) is 0. The van der Waals surface area contributed by atoms with E-state index >= 15 is 0 Å². The highest BCUT2D eigenvalue weighted by molar-refractivity contribution is 6.35. The van der Waals surface area contributed by atoms with Crippen LogP contribution in [0.1, 0.15) is 0 Å². The minimum atomic E-state index is -0.987. The molecule has 0 spiro atoms. The maximum atomic E-state index is 13.4. The summed E-state index contributed by atoms with van der Waals surface area (Å²) in [6, 6.07) is 5.96. The van der Waals surface area contributed by atoms with Crippen LogP contribution in [-0.2, 0) is 0 Å². The van der Waals surface area contributed by atoms with Crippen molar-refractivity contribution in [1.82, 2.24) is 0 Å². The summed E-state index contributed by atoms with van der Waals surface area (Å²) in [6.45, 7) is 0. The second kappa shape index (κ2) is 5.60. The molecule has 2 aromatic rings. The predicted molar refractivity (Wildman–Crippen MR) is 72.8 cm³/mol. The van der Waals surface area contributed by atoms with Crippen molar-refractivity contribution in [2.24, 2.45) is 0 Å². The molecule has 0 heterocycles. The van der Waals surface area contributed by atoms with E-state index in [9.17, 15) is 18.9 Å². The van der Waals surface area contributed by atoms with Crippen molar-refractivity contribution in [3.05, 3.63) is 62.1 Å². The zero-order chi connectivity index (χ0) is 14.9. The summed E-state index contributed by atoms with van der Waals surface area (Å²) in [5.74, 6) is -1.79. The first-order valence-electron chi connectivity index (χ1n) is 5.24. The first kappa shape index (κ1) is 14.5. The van der Waals surface area contributed by atoms with Gasteiger partial charge in [-0.05, 0) is 24.3 Å². The van der Waals surface area contributed by atoms with E-state index in [1.54, 1.807) is 0 Å². The Labute approximate surface area is 122 Å². The number of nitrogens with zero attached hydrogens (tertiary/aromatic N) is 1. The zero-order valence-electron chi connectivity index (χ0n) is 9.66. The Balaban J connectivity index is 2.45. The minimum Gasteiger partial charge on any atom is -0.350 e. The molecule has 4 nitrogen and oxygen atoms in total. The Morgan fingerprint density at radius 2 is 1.75 bits per heavy atom. The van der Waals surface area contributed by atoms with Crippen molar-refractivity contribution in [1.29, 1.82) is 0 Å². The summed E-state index contributed by atoms with van der Waals surface area (Å²) < 4.78 is 26.7. The molecule has 8 heteroatoms. The van der Waals surface area contributed by atoms with Crippen LogP contribution in [0.2, 0.25) is 10.0 Å². The van der Waals surface area contributed by atoms with Crippen LogP contribution in [0.3, 0.4) is 0 Å². The van der Waals surface area contributed by atoms with Crippen molar-refractivity contribution >= 4 is 40.3 Å². The van der Waals surface area contributed by atoms with Gasteiger partial charge in [0.1, 0.15) is 5.69 Å². The van der Waals surface area contributed by atoms with Gasteiger partial charge in [0, 0.05) is 5.69 Å². The third kappa shape index (κ3) is 2.81. The lowest BCUT2D eigenvalue weighted by molar-refractivity contribution is -0.386. The Hall–Kier alpha value is -1.92. The summed E-state index contributed by atoms with van der Waals surface area (Å²) in [6.07, 6.45) is 0. The molecule has 0 aliphatic carbocycles. The number of rotatable bonds is 3. The highest BCUT2D eigenvalue weighted by Gasteiger charge is 2.20. The molecule has 0 aromatic heterocycles. The largest absolute Gasteiger partial charge is 0.350 e. The average molecular weight is 319 g/mol. The number of hydrogen-bond acceptors (Lipinski definition) is 3. The Bertz CT molecular complexity index is 672. The van der Waals surface area contributed by atoms with E-state index in [-0.39, 0.29) is 21.4 Å². The van der Waals surface area contributed by atoms with Gasteiger partial charge in [0.15, 0.2) is 5.82 Å². The number of halogens is 4. The molecular formula is C12H6Cl2F2N2O2. The minimum absolute atomic E-state index is 0.0891. The van der Waals surface area contributed by atoms with E-state index in [0.29, 0.717) is 0 Å². The Kier molecular flexibility index (Phi) is 4.06. The van der Waals surface area contributed by atoms with Gasteiger partial charge in [-0.1, -0.05) is 29.3 Å². The van der Waals surface area contributed by atoms with Crippen LogP contribution in [0.4, 0.5) is 25.8 Å². The summed E-state index contributed by atoms with van der Waals surface area (Å²) in [5, 5.41) is 12.9. The Morgan fingerprint density at radius 1 is 1.15 bits per heavy atom. The van der Waals surface area contributed by atoms with Gasteiger partial charge in [-0.3, -0.25) is 10.1 Å². The number of anilines is 2. The second-order valence-corrected chi connectivity index (χ2v) is 4.59. The van der Waals surface area contributed by atoms with Crippen molar-refractivity contribution in [2.75, 3.05) is 5.32 Å². The standard InChI is InChI=1S/C12H6Cl2F2N2O2/c13-7-4-6(5-8(14)11(7)16)17-10-3-1-2-9(15)12(10)18(19)20/h1-5,17H. The number of nitrogens with one attached hydrogen (secondary N) is 1. The van der Waals surface area contributed by atoms with Gasteiger partial charge in [-0.15, -0.1) is 0 Å². The van der Waals surface area contributed by atoms with Gasteiger partial charge in [-0.2, -0.15) is 4.39 Å². The molecule has 0 amide bonds. The van der Waals surface area contributed by atoms with E-state index in [1.807, 2.05) is 0 Å². The van der Waals surface area contributed by atoms with Crippen LogP contribution in [0, 0.1) is 21.7 Å². The highest BCUT2D eigenvalue weighted by atomic mass is 35.5. The molecule has 0 saturated heterocycles. The zero-order valence-corrected chi connectivity index (χ0v) is 11.2. The first-order valence-corrected chi connectivity index (χ1v) is 6.00. The quantitative estimate of drug-likeness (QED) is 0.496. The van der Waals surface area contributed by atoms with E-state index in [2.05, 4.69) is 5.32 Å². The van der Waals surface area contributed by atoms with E-state index in [0.717, 1.165) is 6.07 Å². The fourth-order valence-electron chi connectivity index (χ4n) is 1.58. The molecule has 0 unspecified atom stereocenters. The van der Waals surface area contributed by atoms with Gasteiger partial charge in [0.25, 0.3) is 0 Å². The van der Waals surface area contributed by atoms with Gasteiger partial charge >= 0.3 is 5.69 Å². The normalized spacial score (nSPS) is 10.4. The molecule has 1 N–H and O–H groups in total. The van der Waals surface area contributed by atoms with Crippen LogP contribution in [-0.4, -0.2) is 4.92 Å². The number of nitro benzene ring substituents is 1. The van der Waals surface area contributed by atoms with Crippen LogP contribution in [0.5, 0.6) is 0 Å². The summed E-state index contributed by atoms with van der Waals surface area (Å²) in [7, 11) is 0. The van der Waals surface area contributed by atoms with Crippen molar-refractivity contribution in [3.8, 4) is 0 Å². The molecule has 104 valence electrons. The van der Waals surface area contributed by atoms with Crippen LogP contribution in [0.25, 0.3) is 0 Å². The molecule has 2 rings (SSSR count). The first-order chi connectivity index (χ1) is 9.40. The maximum Gasteiger partial charge on any atom is 0.327 e. The number of para-hydroxylation sites is 1. The summed E-state index contributed by atoms with van der Waals surface area (Å²) in [4.78, 5) is 9.98. The van der Waals surface area contributed by atoms with Crippen molar-refractivity contribution in [2.45, 2.75) is 0 Å². The highest BCUT2D eigenvalue weighted by Crippen LogP contribution is 2.33. The molecule has 0 aliphatic heterocycles. The molecule has 2 aromatic carbocycles. The smallest absolute Gasteiger partial charge is 0.327 e. The molecule has 20 heavy (non-hydrogen) atoms. The lowest BCUT2D eigenvalue weighted by atomic mass is 10.2. The van der Waals surface area contributed by atoms with Crippen LogP contribution < -0.4 is 5.32 Å². The molecule has 0 saturated carbocycles. The van der Waals surface area contributed by atoms with Gasteiger partial charge in [0.2, 0.25) is 5.82 Å². The topological polar surface area (TPSA) is 55.2 Å². The van der Waals surface area contributed by atoms with Gasteiger partial charge < -0.3 is 5.32 Å². The lowest BCUT2D eigenvalue weighted by Crippen LogP contribution is -2.00. The summed E-state index contributed by atoms with van der Waals surface area (Å²) in [5.41, 5.74) is -0.604. The monoisotopic (exact) mass is 318 g/mol. The van der Waals surface area contributed by atoms with Crippen LogP contribution in [0.15, 0.2) is 30.3 Å². The van der Waals surface area contributed by atoms with E-state index in [4.69, 9.17) is 23.2 Å². The van der Waals surface area contributed by atoms with Gasteiger partial charge in [0.05, 0.1) is 15.0 Å². The number of hydrogen-bond donors (Lipinski definition) is 1. The molecule has 0 radical (unpaired) electrons. The van der Waals surface area contributed by atoms with E-state index < -0.39 is 22.2 Å². The SMILES string of the molecule is O=[N+]([O-])c1c(F)cccc1Nc1cc(Cl)c(F)c(Cl)c1. The third-order valence-electron chi connectivity index (χ3n) is 2.43. The molecule has 0 fully saturated rings. The third-order valence-corrected chi connectivity index (χ3v) is 2.98. The second-order valence-electron chi connectivity index (χ2n) is 3.77. The van der Waals surface area contributed by atoms with Crippen molar-refractivity contribution < 1.29 is 13.7 Å². The number of benzene rings is 2. The molecule has 0 atom stereocenters. The molecule has 0 aliphatic rings. The van der Waals surface area contributed by atoms with Crippen molar-refractivity contribution in [3.63, 3.8) is 0 Å². The average Bonchev–Trinajstić information content (AvgIpc) is 2.35. The fourth-order valence-corrected chi connectivity index (χ4v) is 2.07. The summed E-state index contributed by atoms with van der Waals surface area (Å²) >= 11 is 11.2. The molecular weight excluding hydrogens is 313 g/mol. The lowest BCUT2D eigenvalue weighted by Gasteiger charge is -2.09. The van der Waals surface area contributed by atoms with E-state index in [1.165, 1.54) is 24.3 Å². The Morgan fingerprint density at radius 3 is 2.30 bits per heavy atom.